The first-order chi connectivity index (χ1) is 7.43. The Balaban J connectivity index is 1.71. The van der Waals surface area contributed by atoms with Crippen LogP contribution in [0.2, 0.25) is 0 Å². The minimum absolute atomic E-state index is 0.778. The van der Waals surface area contributed by atoms with Gasteiger partial charge in [-0.3, -0.25) is 0 Å². The average molecular weight is 221 g/mol. The third-order valence-electron chi connectivity index (χ3n) is 3.03. The Bertz CT molecular complexity index is 363. The quantitative estimate of drug-likeness (QED) is 0.844. The molecule has 1 aromatic rings. The van der Waals surface area contributed by atoms with Crippen molar-refractivity contribution in [2.75, 3.05) is 18.1 Å². The lowest BCUT2D eigenvalue weighted by molar-refractivity contribution is 0.267. The van der Waals surface area contributed by atoms with Crippen molar-refractivity contribution in [1.29, 1.82) is 0 Å². The maximum absolute atomic E-state index is 5.90. The predicted molar refractivity (Wildman–Crippen MR) is 63.3 cm³/mol. The van der Waals surface area contributed by atoms with Crippen molar-refractivity contribution >= 4 is 11.8 Å². The standard InChI is InChI=1S/C12H15NOS/c1-2-10-4-13-5-11(10)12(3-1)14-6-9-7-15-8-9/h1-3,9,13H,4-8H2. The van der Waals surface area contributed by atoms with Crippen LogP contribution in [0.3, 0.4) is 0 Å². The van der Waals surface area contributed by atoms with Crippen LogP contribution in [0.25, 0.3) is 0 Å². The molecule has 80 valence electrons. The van der Waals surface area contributed by atoms with E-state index in [0.717, 1.165) is 31.4 Å². The summed E-state index contributed by atoms with van der Waals surface area (Å²) in [6, 6.07) is 6.37. The maximum Gasteiger partial charge on any atom is 0.124 e. The Labute approximate surface area is 94.4 Å². The molecule has 2 heterocycles. The summed E-state index contributed by atoms with van der Waals surface area (Å²) in [6.07, 6.45) is 0. The van der Waals surface area contributed by atoms with Crippen LogP contribution < -0.4 is 10.1 Å². The molecule has 2 aliphatic heterocycles. The zero-order chi connectivity index (χ0) is 10.1. The molecule has 1 saturated heterocycles. The van der Waals surface area contributed by atoms with E-state index in [4.69, 9.17) is 4.74 Å². The van der Waals surface area contributed by atoms with E-state index < -0.39 is 0 Å². The number of fused-ring (bicyclic) bond motifs is 1. The zero-order valence-electron chi connectivity index (χ0n) is 8.66. The van der Waals surface area contributed by atoms with Gasteiger partial charge in [0, 0.05) is 36.1 Å². The van der Waals surface area contributed by atoms with Gasteiger partial charge >= 0.3 is 0 Å². The second-order valence-electron chi connectivity index (χ2n) is 4.21. The van der Waals surface area contributed by atoms with Gasteiger partial charge in [-0.1, -0.05) is 12.1 Å². The van der Waals surface area contributed by atoms with Gasteiger partial charge in [0.25, 0.3) is 0 Å². The molecule has 1 fully saturated rings. The second kappa shape index (κ2) is 4.06. The molecule has 2 aliphatic rings. The zero-order valence-corrected chi connectivity index (χ0v) is 9.48. The van der Waals surface area contributed by atoms with Crippen LogP contribution in [0.15, 0.2) is 18.2 Å². The van der Waals surface area contributed by atoms with E-state index in [1.54, 1.807) is 0 Å². The van der Waals surface area contributed by atoms with Crippen LogP contribution in [-0.4, -0.2) is 18.1 Å². The van der Waals surface area contributed by atoms with E-state index in [1.807, 2.05) is 11.8 Å². The van der Waals surface area contributed by atoms with Gasteiger partial charge in [0.2, 0.25) is 0 Å². The first-order valence-corrected chi connectivity index (χ1v) is 6.61. The molecule has 0 aromatic heterocycles. The molecule has 0 aliphatic carbocycles. The second-order valence-corrected chi connectivity index (χ2v) is 5.29. The van der Waals surface area contributed by atoms with Gasteiger partial charge in [0.15, 0.2) is 0 Å². The van der Waals surface area contributed by atoms with Gasteiger partial charge in [-0.25, -0.2) is 0 Å². The minimum Gasteiger partial charge on any atom is -0.493 e. The lowest BCUT2D eigenvalue weighted by Crippen LogP contribution is -2.25. The molecule has 1 aromatic carbocycles. The number of hydrogen-bond acceptors (Lipinski definition) is 3. The van der Waals surface area contributed by atoms with Crippen molar-refractivity contribution in [1.82, 2.24) is 5.32 Å². The van der Waals surface area contributed by atoms with Crippen LogP contribution in [0.4, 0.5) is 0 Å². The summed E-state index contributed by atoms with van der Waals surface area (Å²) in [5.74, 6) is 4.41. The van der Waals surface area contributed by atoms with Crippen LogP contribution in [0.5, 0.6) is 5.75 Å². The lowest BCUT2D eigenvalue weighted by atomic mass is 10.1. The van der Waals surface area contributed by atoms with E-state index >= 15 is 0 Å². The van der Waals surface area contributed by atoms with Gasteiger partial charge in [0.05, 0.1) is 6.61 Å². The van der Waals surface area contributed by atoms with Crippen molar-refractivity contribution < 1.29 is 4.74 Å². The van der Waals surface area contributed by atoms with Crippen molar-refractivity contribution in [2.45, 2.75) is 13.1 Å². The van der Waals surface area contributed by atoms with Gasteiger partial charge in [-0.05, 0) is 11.6 Å². The highest BCUT2D eigenvalue weighted by Crippen LogP contribution is 2.29. The van der Waals surface area contributed by atoms with E-state index in [9.17, 15) is 0 Å². The fraction of sp³-hybridized carbons (Fsp3) is 0.500. The first-order valence-electron chi connectivity index (χ1n) is 5.45. The molecule has 0 radical (unpaired) electrons. The highest BCUT2D eigenvalue weighted by atomic mass is 32.2. The van der Waals surface area contributed by atoms with Gasteiger partial charge in [-0.15, -0.1) is 0 Å². The number of benzene rings is 1. The number of nitrogens with one attached hydrogen (secondary N) is 1. The topological polar surface area (TPSA) is 21.3 Å². The number of ether oxygens (including phenoxy) is 1. The molecule has 0 bridgehead atoms. The average Bonchev–Trinajstić information content (AvgIpc) is 2.63. The minimum atomic E-state index is 0.778. The smallest absolute Gasteiger partial charge is 0.124 e. The monoisotopic (exact) mass is 221 g/mol. The molecule has 0 atom stereocenters. The molecular formula is C12H15NOS. The number of thioether (sulfide) groups is 1. The van der Waals surface area contributed by atoms with Crippen molar-refractivity contribution in [3.63, 3.8) is 0 Å². The highest BCUT2D eigenvalue weighted by Gasteiger charge is 2.20. The fourth-order valence-corrected chi connectivity index (χ4v) is 2.78. The summed E-state index contributed by atoms with van der Waals surface area (Å²) in [5, 5.41) is 3.36. The summed E-state index contributed by atoms with van der Waals surface area (Å²) in [4.78, 5) is 0. The first kappa shape index (κ1) is 9.55. The summed E-state index contributed by atoms with van der Waals surface area (Å²) in [7, 11) is 0. The molecular weight excluding hydrogens is 206 g/mol. The summed E-state index contributed by atoms with van der Waals surface area (Å²) >= 11 is 2.01. The Morgan fingerprint density at radius 3 is 3.07 bits per heavy atom. The summed E-state index contributed by atoms with van der Waals surface area (Å²) in [6.45, 7) is 2.85. The van der Waals surface area contributed by atoms with Crippen LogP contribution in [0.1, 0.15) is 11.1 Å². The number of hydrogen-bond donors (Lipinski definition) is 1. The number of rotatable bonds is 3. The van der Waals surface area contributed by atoms with E-state index in [1.165, 1.54) is 22.6 Å². The molecule has 0 amide bonds. The molecule has 0 spiro atoms. The summed E-state index contributed by atoms with van der Waals surface area (Å²) < 4.78 is 5.90. The maximum atomic E-state index is 5.90. The van der Waals surface area contributed by atoms with Crippen LogP contribution in [-0.2, 0) is 13.1 Å². The molecule has 0 saturated carbocycles. The third-order valence-corrected chi connectivity index (χ3v) is 4.44. The summed E-state index contributed by atoms with van der Waals surface area (Å²) in [5.41, 5.74) is 2.76. The normalized spacial score (nSPS) is 19.7. The van der Waals surface area contributed by atoms with E-state index in [0.29, 0.717) is 0 Å². The Morgan fingerprint density at radius 1 is 1.33 bits per heavy atom. The van der Waals surface area contributed by atoms with Gasteiger partial charge < -0.3 is 10.1 Å². The fourth-order valence-electron chi connectivity index (χ4n) is 2.02. The molecule has 3 rings (SSSR count). The van der Waals surface area contributed by atoms with E-state index in [-0.39, 0.29) is 0 Å². The molecule has 0 unspecified atom stereocenters. The lowest BCUT2D eigenvalue weighted by Gasteiger charge is -2.25. The van der Waals surface area contributed by atoms with Crippen LogP contribution >= 0.6 is 11.8 Å². The highest BCUT2D eigenvalue weighted by molar-refractivity contribution is 8.00. The molecule has 15 heavy (non-hydrogen) atoms. The SMILES string of the molecule is c1cc2c(c(OCC3CSC3)c1)CNC2. The van der Waals surface area contributed by atoms with Crippen molar-refractivity contribution in [3.05, 3.63) is 29.3 Å². The third kappa shape index (κ3) is 1.86. The Kier molecular flexibility index (Phi) is 2.59. The van der Waals surface area contributed by atoms with Crippen molar-refractivity contribution in [2.24, 2.45) is 5.92 Å². The Morgan fingerprint density at radius 2 is 2.27 bits per heavy atom. The largest absolute Gasteiger partial charge is 0.493 e. The Hall–Kier alpha value is -0.670. The van der Waals surface area contributed by atoms with Crippen LogP contribution in [0, 0.1) is 5.92 Å². The van der Waals surface area contributed by atoms with Crippen molar-refractivity contribution in [3.8, 4) is 5.75 Å². The predicted octanol–water partition coefficient (Wildman–Crippen LogP) is 2.03. The van der Waals surface area contributed by atoms with Gasteiger partial charge in [-0.2, -0.15) is 11.8 Å². The molecule has 1 N–H and O–H groups in total. The van der Waals surface area contributed by atoms with E-state index in [2.05, 4.69) is 23.5 Å². The van der Waals surface area contributed by atoms with Gasteiger partial charge in [0.1, 0.15) is 5.75 Å². The molecule has 2 nitrogen and oxygen atoms in total. The molecule has 3 heteroatoms.